The Morgan fingerprint density at radius 1 is 0.818 bits per heavy atom. The largest absolute Gasteiger partial charge is 0.416 e. The Labute approximate surface area is 180 Å². The quantitative estimate of drug-likeness (QED) is 0.264. The highest BCUT2D eigenvalue weighted by Crippen LogP contribution is 2.56. The smallest absolute Gasteiger partial charge is 0.241 e. The molecule has 2 unspecified atom stereocenters. The van der Waals surface area contributed by atoms with E-state index < -0.39 is 84.6 Å². The second-order valence-electron chi connectivity index (χ2n) is 7.40. The molecule has 2 atom stereocenters. The van der Waals surface area contributed by atoms with Gasteiger partial charge < -0.3 is 0 Å². The summed E-state index contributed by atoms with van der Waals surface area (Å²) >= 11 is 0. The third kappa shape index (κ3) is 6.14. The third-order valence-electron chi connectivity index (χ3n) is 4.88. The summed E-state index contributed by atoms with van der Waals surface area (Å²) in [5.41, 5.74) is -10.2. The van der Waals surface area contributed by atoms with Crippen molar-refractivity contribution in [2.75, 3.05) is 0 Å². The molecule has 0 aromatic heterocycles. The second-order valence-corrected chi connectivity index (χ2v) is 7.40. The molecule has 13 heteroatoms. The maximum Gasteiger partial charge on any atom is 0.416 e. The van der Waals surface area contributed by atoms with Crippen LogP contribution in [0.1, 0.15) is 49.3 Å². The lowest BCUT2D eigenvalue weighted by molar-refractivity contribution is -0.260. The monoisotopic (exact) mass is 506 g/mol. The van der Waals surface area contributed by atoms with E-state index in [2.05, 4.69) is 6.58 Å². The van der Waals surface area contributed by atoms with Crippen molar-refractivity contribution in [3.05, 3.63) is 41.5 Å². The second kappa shape index (κ2) is 9.73. The molecule has 0 aliphatic rings. The molecule has 0 nitrogen and oxygen atoms in total. The Balaban J connectivity index is 3.87. The zero-order chi connectivity index (χ0) is 26.0. The van der Waals surface area contributed by atoms with Crippen molar-refractivity contribution in [3.63, 3.8) is 0 Å². The Bertz CT molecular complexity index is 813. The molecule has 1 aromatic carbocycles. The molecule has 1 aromatic rings. The van der Waals surface area contributed by atoms with E-state index >= 15 is 4.39 Å². The number of rotatable bonds is 11. The highest BCUT2D eigenvalue weighted by atomic mass is 19.4. The first-order valence-corrected chi connectivity index (χ1v) is 9.34. The number of hydrogen-bond donors (Lipinski definition) is 0. The first kappa shape index (κ1) is 29.1. The van der Waals surface area contributed by atoms with Gasteiger partial charge in [0.25, 0.3) is 12.3 Å². The first-order chi connectivity index (χ1) is 14.8. The van der Waals surface area contributed by atoms with Crippen LogP contribution in [0.15, 0.2) is 24.8 Å². The van der Waals surface area contributed by atoms with Gasteiger partial charge in [-0.15, -0.1) is 0 Å². The van der Waals surface area contributed by atoms with Crippen LogP contribution in [0.3, 0.4) is 0 Å². The van der Waals surface area contributed by atoms with Crippen LogP contribution in [-0.4, -0.2) is 30.4 Å². The van der Waals surface area contributed by atoms with Crippen molar-refractivity contribution in [1.29, 1.82) is 0 Å². The van der Waals surface area contributed by atoms with Crippen LogP contribution in [0.25, 0.3) is 6.08 Å². The van der Waals surface area contributed by atoms with Gasteiger partial charge in [-0.25, -0.2) is 26.3 Å². The minimum atomic E-state index is -5.68. The summed E-state index contributed by atoms with van der Waals surface area (Å²) in [5.74, 6) is -16.5. The number of hydrogen-bond acceptors (Lipinski definition) is 0. The topological polar surface area (TPSA) is 0 Å². The minimum absolute atomic E-state index is 0.0165. The van der Waals surface area contributed by atoms with E-state index in [0.29, 0.717) is 6.07 Å². The summed E-state index contributed by atoms with van der Waals surface area (Å²) < 4.78 is 180. The lowest BCUT2D eigenvalue weighted by Gasteiger charge is -2.39. The highest BCUT2D eigenvalue weighted by Gasteiger charge is 2.68. The van der Waals surface area contributed by atoms with Gasteiger partial charge in [0.15, 0.2) is 6.17 Å². The standard InChI is InChI=1S/C20H19F13/c1-3-7-17(25,26)19(29,30)10-16(24,18(27,28)9-14(21)15(22)23)12-6-5-11(4-2)8-13(12)20(31,32)33/h4-6,8,14-15H,2-3,7,9-10H2,1H3. The molecule has 0 radical (unpaired) electrons. The Hall–Kier alpha value is -1.95. The van der Waals surface area contributed by atoms with Crippen molar-refractivity contribution in [1.82, 2.24) is 0 Å². The minimum Gasteiger partial charge on any atom is -0.241 e. The fourth-order valence-electron chi connectivity index (χ4n) is 3.12. The molecular formula is C20H19F13. The summed E-state index contributed by atoms with van der Waals surface area (Å²) in [7, 11) is 0. The molecule has 0 N–H and O–H groups in total. The van der Waals surface area contributed by atoms with E-state index in [0.717, 1.165) is 13.0 Å². The SMILES string of the molecule is C=Cc1ccc(C(F)(CC(F)(F)C(F)(F)CCC)C(F)(F)CC(F)C(F)F)c(C(F)(F)F)c1. The Kier molecular flexibility index (Phi) is 8.58. The summed E-state index contributed by atoms with van der Waals surface area (Å²) in [6.45, 7) is 4.10. The molecule has 0 bridgehead atoms. The van der Waals surface area contributed by atoms with Crippen molar-refractivity contribution < 1.29 is 57.1 Å². The fourth-order valence-corrected chi connectivity index (χ4v) is 3.12. The van der Waals surface area contributed by atoms with Crippen LogP contribution >= 0.6 is 0 Å². The van der Waals surface area contributed by atoms with Gasteiger partial charge in [-0.3, -0.25) is 0 Å². The molecule has 0 amide bonds. The molecule has 0 fully saturated rings. The lowest BCUT2D eigenvalue weighted by atomic mass is 9.77. The van der Waals surface area contributed by atoms with Crippen molar-refractivity contribution in [3.8, 4) is 0 Å². The molecule has 1 rings (SSSR count). The zero-order valence-electron chi connectivity index (χ0n) is 16.9. The maximum atomic E-state index is 15.7. The van der Waals surface area contributed by atoms with Crippen LogP contribution in [0, 0.1) is 0 Å². The van der Waals surface area contributed by atoms with E-state index in [9.17, 15) is 52.7 Å². The van der Waals surface area contributed by atoms with Crippen LogP contribution in [0.5, 0.6) is 0 Å². The molecular weight excluding hydrogens is 487 g/mol. The fraction of sp³-hybridized carbons (Fsp3) is 0.600. The predicted octanol–water partition coefficient (Wildman–Crippen LogP) is 8.60. The molecule has 33 heavy (non-hydrogen) atoms. The number of alkyl halides is 13. The zero-order valence-corrected chi connectivity index (χ0v) is 16.9. The van der Waals surface area contributed by atoms with Gasteiger partial charge in [0.1, 0.15) is 0 Å². The van der Waals surface area contributed by atoms with Crippen LogP contribution in [-0.2, 0) is 11.8 Å². The highest BCUT2D eigenvalue weighted by molar-refractivity contribution is 5.52. The molecule has 0 aliphatic heterocycles. The van der Waals surface area contributed by atoms with Gasteiger partial charge in [-0.2, -0.15) is 30.7 Å². The summed E-state index contributed by atoms with van der Waals surface area (Å²) in [6, 6.07) is 0.566. The van der Waals surface area contributed by atoms with Crippen LogP contribution in [0.4, 0.5) is 57.1 Å². The molecule has 190 valence electrons. The van der Waals surface area contributed by atoms with Crippen LogP contribution < -0.4 is 0 Å². The first-order valence-electron chi connectivity index (χ1n) is 9.34. The Morgan fingerprint density at radius 2 is 1.36 bits per heavy atom. The maximum absolute atomic E-state index is 15.7. The summed E-state index contributed by atoms with van der Waals surface area (Å²) in [6.07, 6.45) is -21.3. The number of halogens is 13. The van der Waals surface area contributed by atoms with Crippen LogP contribution in [0.2, 0.25) is 0 Å². The average Bonchev–Trinajstić information content (AvgIpc) is 2.65. The Morgan fingerprint density at radius 3 is 1.79 bits per heavy atom. The normalized spacial score (nSPS) is 16.6. The summed E-state index contributed by atoms with van der Waals surface area (Å²) in [5, 5.41) is 0. The van der Waals surface area contributed by atoms with Gasteiger partial charge in [-0.1, -0.05) is 38.1 Å². The average molecular weight is 506 g/mol. The van der Waals surface area contributed by atoms with E-state index in [1.807, 2.05) is 0 Å². The van der Waals surface area contributed by atoms with E-state index in [1.54, 1.807) is 0 Å². The molecule has 0 saturated carbocycles. The van der Waals surface area contributed by atoms with Crippen molar-refractivity contribution >= 4 is 6.08 Å². The number of benzene rings is 1. The summed E-state index contributed by atoms with van der Waals surface area (Å²) in [4.78, 5) is 0. The predicted molar refractivity (Wildman–Crippen MR) is 94.2 cm³/mol. The molecule has 0 heterocycles. The van der Waals surface area contributed by atoms with Gasteiger partial charge in [0.2, 0.25) is 5.67 Å². The van der Waals surface area contributed by atoms with E-state index in [4.69, 9.17) is 0 Å². The van der Waals surface area contributed by atoms with Gasteiger partial charge >= 0.3 is 18.0 Å². The van der Waals surface area contributed by atoms with Gasteiger partial charge in [-0.05, 0) is 11.6 Å². The van der Waals surface area contributed by atoms with E-state index in [1.165, 1.54) is 0 Å². The van der Waals surface area contributed by atoms with Crippen molar-refractivity contribution in [2.45, 2.75) is 74.8 Å². The van der Waals surface area contributed by atoms with Gasteiger partial charge in [0.05, 0.1) is 18.4 Å². The third-order valence-corrected chi connectivity index (χ3v) is 4.88. The lowest BCUT2D eigenvalue weighted by Crippen LogP contribution is -2.53. The molecule has 0 saturated heterocycles. The van der Waals surface area contributed by atoms with Crippen molar-refractivity contribution in [2.24, 2.45) is 0 Å². The van der Waals surface area contributed by atoms with Gasteiger partial charge in [0, 0.05) is 12.0 Å². The molecule has 0 aliphatic carbocycles. The van der Waals surface area contributed by atoms with E-state index in [-0.39, 0.29) is 12.1 Å². The molecule has 0 spiro atoms.